The molecule has 1 N–H and O–H groups in total. The fraction of sp³-hybridized carbons (Fsp3) is 0.727. The van der Waals surface area contributed by atoms with Gasteiger partial charge in [0.2, 0.25) is 0 Å². The van der Waals surface area contributed by atoms with Gasteiger partial charge in [-0.15, -0.1) is 6.20 Å². The predicted molar refractivity (Wildman–Crippen MR) is 54.0 cm³/mol. The number of aryl methyl sites for hydroxylation is 2. The van der Waals surface area contributed by atoms with Gasteiger partial charge in [-0.2, -0.15) is 5.56 Å². The second-order valence-electron chi connectivity index (χ2n) is 4.18. The van der Waals surface area contributed by atoms with Crippen molar-refractivity contribution < 1.29 is 24.6 Å². The molecule has 1 atom stereocenters. The molecule has 0 aliphatic heterocycles. The van der Waals surface area contributed by atoms with Gasteiger partial charge in [0.1, 0.15) is 0 Å². The van der Waals surface area contributed by atoms with Crippen molar-refractivity contribution in [1.82, 2.24) is 9.78 Å². The van der Waals surface area contributed by atoms with Crippen LogP contribution in [0.15, 0.2) is 0 Å². The molecule has 1 heterocycles. The maximum atomic E-state index is 9.00. The van der Waals surface area contributed by atoms with Crippen LogP contribution in [-0.4, -0.2) is 21.5 Å². The Kier molecular flexibility index (Phi) is 4.48. The number of aliphatic hydroxyl groups is 1. The minimum atomic E-state index is 0. The Hall–Kier alpha value is -0.207. The molecular formula is C11H17N2ORh-. The summed E-state index contributed by atoms with van der Waals surface area (Å²) in [6.45, 7) is 4.28. The maximum Gasteiger partial charge on any atom is 0.0450 e. The van der Waals surface area contributed by atoms with E-state index in [-0.39, 0.29) is 26.1 Å². The molecule has 0 bridgehead atoms. The number of hydrogen-bond acceptors (Lipinski definition) is 2. The topological polar surface area (TPSA) is 38.0 Å². The van der Waals surface area contributed by atoms with Crippen LogP contribution in [0.2, 0.25) is 0 Å². The maximum absolute atomic E-state index is 9.00. The number of nitrogens with zero attached hydrogens (tertiary/aromatic N) is 2. The standard InChI is InChI=1S/C11H17N2O.Rh/c1-8-7-13(12-9(8)2)11(5-6-14)10-3-4-10;/h10-11,14H,3-6H2,1-2H3;/q-1;. The molecule has 0 saturated heterocycles. The van der Waals surface area contributed by atoms with Crippen molar-refractivity contribution in [3.63, 3.8) is 0 Å². The van der Waals surface area contributed by atoms with E-state index in [1.807, 2.05) is 18.5 Å². The van der Waals surface area contributed by atoms with E-state index in [1.54, 1.807) is 0 Å². The van der Waals surface area contributed by atoms with Gasteiger partial charge in [-0.3, -0.25) is 5.10 Å². The Morgan fingerprint density at radius 3 is 2.60 bits per heavy atom. The van der Waals surface area contributed by atoms with Crippen LogP contribution in [0, 0.1) is 26.0 Å². The Morgan fingerprint density at radius 1 is 1.53 bits per heavy atom. The van der Waals surface area contributed by atoms with Crippen molar-refractivity contribution in [3.05, 3.63) is 17.5 Å². The summed E-state index contributed by atoms with van der Waals surface area (Å²) in [7, 11) is 0. The Morgan fingerprint density at radius 2 is 2.20 bits per heavy atom. The minimum absolute atomic E-state index is 0. The van der Waals surface area contributed by atoms with E-state index in [2.05, 4.69) is 11.3 Å². The molecular weight excluding hydrogens is 279 g/mol. The monoisotopic (exact) mass is 296 g/mol. The van der Waals surface area contributed by atoms with Gasteiger partial charge in [-0.1, -0.05) is 19.5 Å². The Labute approximate surface area is 104 Å². The molecule has 2 rings (SSSR count). The van der Waals surface area contributed by atoms with Crippen LogP contribution in [0.5, 0.6) is 0 Å². The quantitative estimate of drug-likeness (QED) is 0.677. The van der Waals surface area contributed by atoms with Gasteiger partial charge >= 0.3 is 0 Å². The average molecular weight is 296 g/mol. The fourth-order valence-corrected chi connectivity index (χ4v) is 1.84. The van der Waals surface area contributed by atoms with Crippen LogP contribution in [0.3, 0.4) is 0 Å². The number of aliphatic hydroxyl groups excluding tert-OH is 1. The molecule has 0 aromatic carbocycles. The molecule has 0 amide bonds. The van der Waals surface area contributed by atoms with Crippen molar-refractivity contribution in [2.24, 2.45) is 5.92 Å². The van der Waals surface area contributed by atoms with Crippen molar-refractivity contribution in [1.29, 1.82) is 0 Å². The van der Waals surface area contributed by atoms with E-state index in [9.17, 15) is 0 Å². The van der Waals surface area contributed by atoms with Crippen molar-refractivity contribution in [2.75, 3.05) is 6.61 Å². The van der Waals surface area contributed by atoms with Crippen molar-refractivity contribution in [3.8, 4) is 0 Å². The molecule has 1 aliphatic carbocycles. The van der Waals surface area contributed by atoms with Gasteiger partial charge in [0.25, 0.3) is 0 Å². The predicted octanol–water partition coefficient (Wildman–Crippen LogP) is 1.63. The molecule has 3 nitrogen and oxygen atoms in total. The Balaban J connectivity index is 0.00000112. The zero-order chi connectivity index (χ0) is 10.1. The van der Waals surface area contributed by atoms with Crippen LogP contribution < -0.4 is 0 Å². The molecule has 1 radical (unpaired) electrons. The van der Waals surface area contributed by atoms with Crippen molar-refractivity contribution >= 4 is 0 Å². The molecule has 1 aromatic rings. The summed E-state index contributed by atoms with van der Waals surface area (Å²) in [5.41, 5.74) is 2.17. The van der Waals surface area contributed by atoms with E-state index in [0.717, 1.165) is 23.6 Å². The summed E-state index contributed by atoms with van der Waals surface area (Å²) in [6.07, 6.45) is 6.60. The van der Waals surface area contributed by atoms with Gasteiger partial charge < -0.3 is 9.79 Å². The largest absolute Gasteiger partial charge is 0.396 e. The summed E-state index contributed by atoms with van der Waals surface area (Å²) in [6, 6.07) is 0.368. The van der Waals surface area contributed by atoms with E-state index < -0.39 is 0 Å². The van der Waals surface area contributed by atoms with Gasteiger partial charge in [-0.05, 0) is 25.2 Å². The number of hydrogen-bond donors (Lipinski definition) is 1. The third kappa shape index (κ3) is 2.88. The van der Waals surface area contributed by atoms with E-state index in [1.165, 1.54) is 12.8 Å². The molecule has 4 heteroatoms. The molecule has 15 heavy (non-hydrogen) atoms. The van der Waals surface area contributed by atoms with Gasteiger partial charge in [0.05, 0.1) is 0 Å². The average Bonchev–Trinajstić information content (AvgIpc) is 2.91. The van der Waals surface area contributed by atoms with Crippen LogP contribution in [0.1, 0.15) is 36.6 Å². The SMILES string of the molecule is Cc1[c-]n(C(CCO)C2CC2)nc1C.[Rh]. The zero-order valence-corrected chi connectivity index (χ0v) is 10.8. The second-order valence-corrected chi connectivity index (χ2v) is 4.18. The third-order valence-corrected chi connectivity index (χ3v) is 2.99. The molecule has 1 saturated carbocycles. The normalized spacial score (nSPS) is 17.3. The molecule has 0 spiro atoms. The summed E-state index contributed by atoms with van der Waals surface area (Å²) < 4.78 is 1.93. The smallest absolute Gasteiger partial charge is 0.0450 e. The molecule has 1 fully saturated rings. The number of aromatic nitrogens is 2. The summed E-state index contributed by atoms with van der Waals surface area (Å²) in [5.74, 6) is 0.720. The van der Waals surface area contributed by atoms with Gasteiger partial charge in [0, 0.05) is 32.1 Å². The van der Waals surface area contributed by atoms with Crippen LogP contribution >= 0.6 is 0 Å². The van der Waals surface area contributed by atoms with Crippen LogP contribution in [0.25, 0.3) is 0 Å². The zero-order valence-electron chi connectivity index (χ0n) is 9.16. The summed E-state index contributed by atoms with van der Waals surface area (Å²) in [5, 5.41) is 13.4. The van der Waals surface area contributed by atoms with E-state index in [0.29, 0.717) is 6.04 Å². The molecule has 1 unspecified atom stereocenters. The Bertz CT molecular complexity index is 301. The third-order valence-electron chi connectivity index (χ3n) is 2.99. The van der Waals surface area contributed by atoms with Gasteiger partial charge in [-0.25, -0.2) is 0 Å². The van der Waals surface area contributed by atoms with E-state index >= 15 is 0 Å². The molecule has 87 valence electrons. The second kappa shape index (κ2) is 5.22. The number of rotatable bonds is 4. The first-order valence-corrected chi connectivity index (χ1v) is 5.28. The minimum Gasteiger partial charge on any atom is -0.396 e. The van der Waals surface area contributed by atoms with Gasteiger partial charge in [0.15, 0.2) is 0 Å². The van der Waals surface area contributed by atoms with Crippen LogP contribution in [-0.2, 0) is 19.5 Å². The first-order valence-electron chi connectivity index (χ1n) is 5.28. The summed E-state index contributed by atoms with van der Waals surface area (Å²) >= 11 is 0. The first kappa shape index (κ1) is 12.9. The molecule has 1 aliphatic rings. The molecule has 1 aromatic heterocycles. The fourth-order valence-electron chi connectivity index (χ4n) is 1.84. The van der Waals surface area contributed by atoms with Crippen molar-refractivity contribution in [2.45, 2.75) is 39.2 Å². The first-order chi connectivity index (χ1) is 6.72. The van der Waals surface area contributed by atoms with Crippen LogP contribution in [0.4, 0.5) is 0 Å². The summed E-state index contributed by atoms with van der Waals surface area (Å²) in [4.78, 5) is 0. The van der Waals surface area contributed by atoms with E-state index in [4.69, 9.17) is 5.11 Å².